The lowest BCUT2D eigenvalue weighted by atomic mass is 10.1. The van der Waals surface area contributed by atoms with Crippen molar-refractivity contribution in [2.75, 3.05) is 12.8 Å². The van der Waals surface area contributed by atoms with Crippen molar-refractivity contribution in [2.45, 2.75) is 19.5 Å². The van der Waals surface area contributed by atoms with Crippen molar-refractivity contribution in [1.82, 2.24) is 19.8 Å². The molecule has 9 heteroatoms. The molecule has 0 aliphatic carbocycles. The highest BCUT2D eigenvalue weighted by Gasteiger charge is 2.15. The van der Waals surface area contributed by atoms with E-state index in [1.807, 2.05) is 65.5 Å². The van der Waals surface area contributed by atoms with Gasteiger partial charge in [0.25, 0.3) is 5.91 Å². The number of carbonyl (C=O) groups is 1. The third-order valence-corrected chi connectivity index (χ3v) is 7.00. The van der Waals surface area contributed by atoms with Crippen molar-refractivity contribution in [3.8, 4) is 11.3 Å². The number of nitrogens with one attached hydrogen (secondary N) is 2. The highest BCUT2D eigenvalue weighted by molar-refractivity contribution is 7.88. The maximum atomic E-state index is 12.8. The third-order valence-electron chi connectivity index (χ3n) is 5.13. The van der Waals surface area contributed by atoms with Gasteiger partial charge in [0.05, 0.1) is 23.4 Å². The summed E-state index contributed by atoms with van der Waals surface area (Å²) in [5.41, 5.74) is 3.92. The minimum Gasteiger partial charge on any atom is -0.347 e. The summed E-state index contributed by atoms with van der Waals surface area (Å²) < 4.78 is 26.8. The molecule has 0 bridgehead atoms. The summed E-state index contributed by atoms with van der Waals surface area (Å²) in [6.45, 7) is 1.30. The molecule has 0 fully saturated rings. The number of benzene rings is 2. The van der Waals surface area contributed by atoms with Crippen LogP contribution in [-0.2, 0) is 29.5 Å². The van der Waals surface area contributed by atoms with Gasteiger partial charge in [0.2, 0.25) is 10.0 Å². The molecule has 0 saturated carbocycles. The molecule has 0 spiro atoms. The minimum atomic E-state index is -3.22. The molecule has 2 aromatic carbocycles. The molecule has 1 amide bonds. The van der Waals surface area contributed by atoms with Gasteiger partial charge >= 0.3 is 0 Å². The first-order valence-electron chi connectivity index (χ1n) is 10.8. The normalized spacial score (nSPS) is 11.4. The molecule has 0 saturated heterocycles. The van der Waals surface area contributed by atoms with Crippen LogP contribution in [0.25, 0.3) is 11.3 Å². The van der Waals surface area contributed by atoms with Crippen LogP contribution in [0.1, 0.15) is 25.7 Å². The molecule has 7 nitrogen and oxygen atoms in total. The quantitative estimate of drug-likeness (QED) is 0.352. The summed E-state index contributed by atoms with van der Waals surface area (Å²) in [6, 6.07) is 23.7. The van der Waals surface area contributed by atoms with Gasteiger partial charge in [-0.2, -0.15) is 5.10 Å². The Morgan fingerprint density at radius 1 is 1.00 bits per heavy atom. The van der Waals surface area contributed by atoms with Crippen LogP contribution < -0.4 is 10.0 Å². The predicted molar refractivity (Wildman–Crippen MR) is 135 cm³/mol. The van der Waals surface area contributed by atoms with Gasteiger partial charge in [-0.05, 0) is 24.1 Å². The van der Waals surface area contributed by atoms with Crippen molar-refractivity contribution in [3.63, 3.8) is 0 Å². The monoisotopic (exact) mass is 494 g/mol. The van der Waals surface area contributed by atoms with E-state index in [-0.39, 0.29) is 5.91 Å². The minimum absolute atomic E-state index is 0.165. The van der Waals surface area contributed by atoms with Gasteiger partial charge in [-0.1, -0.05) is 60.7 Å². The lowest BCUT2D eigenvalue weighted by molar-refractivity contribution is 0.0955. The van der Waals surface area contributed by atoms with Gasteiger partial charge in [-0.25, -0.2) is 13.1 Å². The molecule has 4 aromatic rings. The van der Waals surface area contributed by atoms with Crippen LogP contribution in [0.5, 0.6) is 0 Å². The highest BCUT2D eigenvalue weighted by Crippen LogP contribution is 2.23. The molecule has 34 heavy (non-hydrogen) atoms. The number of thiophene rings is 1. The first-order chi connectivity index (χ1) is 16.4. The SMILES string of the molecule is CS(=O)(=O)NCCc1ccc(C(=O)NCc2cn(Cc3ccccc3)nc2-c2ccccc2)s1. The Kier molecular flexibility index (Phi) is 7.56. The zero-order valence-corrected chi connectivity index (χ0v) is 20.4. The number of hydrogen-bond donors (Lipinski definition) is 2. The molecule has 2 aromatic heterocycles. The molecule has 176 valence electrons. The maximum absolute atomic E-state index is 12.8. The fourth-order valence-corrected chi connectivity index (χ4v) is 4.94. The topological polar surface area (TPSA) is 93.1 Å². The molecular weight excluding hydrogens is 468 g/mol. The van der Waals surface area contributed by atoms with E-state index < -0.39 is 10.0 Å². The smallest absolute Gasteiger partial charge is 0.261 e. The number of nitrogens with zero attached hydrogens (tertiary/aromatic N) is 2. The summed E-state index contributed by atoms with van der Waals surface area (Å²) in [5.74, 6) is -0.165. The fourth-order valence-electron chi connectivity index (χ4n) is 3.54. The fraction of sp³-hybridized carbons (Fsp3) is 0.200. The zero-order chi connectivity index (χ0) is 24.0. The van der Waals surface area contributed by atoms with Gasteiger partial charge in [-0.3, -0.25) is 9.48 Å². The lowest BCUT2D eigenvalue weighted by Crippen LogP contribution is -2.24. The number of hydrogen-bond acceptors (Lipinski definition) is 5. The van der Waals surface area contributed by atoms with E-state index in [1.54, 1.807) is 6.07 Å². The second-order valence-electron chi connectivity index (χ2n) is 7.92. The van der Waals surface area contributed by atoms with Crippen molar-refractivity contribution in [3.05, 3.63) is 99.9 Å². The summed E-state index contributed by atoms with van der Waals surface area (Å²) in [7, 11) is -3.22. The van der Waals surface area contributed by atoms with E-state index in [0.29, 0.717) is 30.9 Å². The van der Waals surface area contributed by atoms with Crippen LogP contribution in [0.3, 0.4) is 0 Å². The van der Waals surface area contributed by atoms with E-state index in [9.17, 15) is 13.2 Å². The highest BCUT2D eigenvalue weighted by atomic mass is 32.2. The Labute approximate surface area is 203 Å². The number of rotatable bonds is 10. The van der Waals surface area contributed by atoms with Gasteiger partial charge in [-0.15, -0.1) is 11.3 Å². The van der Waals surface area contributed by atoms with Gasteiger partial charge in [0.1, 0.15) is 0 Å². The average molecular weight is 495 g/mol. The summed E-state index contributed by atoms with van der Waals surface area (Å²) >= 11 is 1.37. The molecule has 0 aliphatic heterocycles. The first-order valence-corrected chi connectivity index (χ1v) is 13.6. The molecular formula is C25H26N4O3S2. The van der Waals surface area contributed by atoms with Crippen LogP contribution in [0.4, 0.5) is 0 Å². The summed E-state index contributed by atoms with van der Waals surface area (Å²) in [6.07, 6.45) is 3.65. The Balaban J connectivity index is 1.45. The molecule has 0 aliphatic rings. The van der Waals surface area contributed by atoms with Crippen LogP contribution in [0.2, 0.25) is 0 Å². The largest absolute Gasteiger partial charge is 0.347 e. The number of sulfonamides is 1. The second kappa shape index (κ2) is 10.8. The van der Waals surface area contributed by atoms with Crippen molar-refractivity contribution in [2.24, 2.45) is 0 Å². The summed E-state index contributed by atoms with van der Waals surface area (Å²) in [4.78, 5) is 14.3. The molecule has 2 heterocycles. The molecule has 4 rings (SSSR count). The van der Waals surface area contributed by atoms with Gasteiger partial charge in [0, 0.05) is 35.3 Å². The predicted octanol–water partition coefficient (Wildman–Crippen LogP) is 3.68. The number of aromatic nitrogens is 2. The van der Waals surface area contributed by atoms with Crippen molar-refractivity contribution < 1.29 is 13.2 Å². The maximum Gasteiger partial charge on any atom is 0.261 e. The molecule has 0 atom stereocenters. The third kappa shape index (κ3) is 6.63. The van der Waals surface area contributed by atoms with Crippen molar-refractivity contribution in [1.29, 1.82) is 0 Å². The van der Waals surface area contributed by atoms with Gasteiger partial charge in [0.15, 0.2) is 0 Å². The Morgan fingerprint density at radius 2 is 1.71 bits per heavy atom. The van der Waals surface area contributed by atoms with Crippen LogP contribution in [0, 0.1) is 0 Å². The standard InChI is InChI=1S/C25H26N4O3S2/c1-34(31,32)27-15-14-22-12-13-23(33-22)25(30)26-16-21-18-29(17-19-8-4-2-5-9-19)28-24(21)20-10-6-3-7-11-20/h2-13,18,27H,14-17H2,1H3,(H,26,30). The molecule has 2 N–H and O–H groups in total. The Hall–Kier alpha value is -3.27. The number of amides is 1. The second-order valence-corrected chi connectivity index (χ2v) is 10.9. The molecule has 0 unspecified atom stereocenters. The molecule has 0 radical (unpaired) electrons. The van der Waals surface area contributed by atoms with Crippen LogP contribution >= 0.6 is 11.3 Å². The van der Waals surface area contributed by atoms with E-state index in [4.69, 9.17) is 5.10 Å². The Bertz CT molecular complexity index is 1350. The van der Waals surface area contributed by atoms with Crippen molar-refractivity contribution >= 4 is 27.3 Å². The van der Waals surface area contributed by atoms with Crippen LogP contribution in [-0.4, -0.2) is 36.9 Å². The average Bonchev–Trinajstić information content (AvgIpc) is 3.45. The van der Waals surface area contributed by atoms with E-state index in [0.717, 1.165) is 33.5 Å². The van der Waals surface area contributed by atoms with E-state index in [2.05, 4.69) is 22.2 Å². The van der Waals surface area contributed by atoms with Gasteiger partial charge < -0.3 is 5.32 Å². The first kappa shape index (κ1) is 23.9. The zero-order valence-electron chi connectivity index (χ0n) is 18.8. The summed E-state index contributed by atoms with van der Waals surface area (Å²) in [5, 5.41) is 7.80. The lowest BCUT2D eigenvalue weighted by Gasteiger charge is -2.04. The van der Waals surface area contributed by atoms with E-state index >= 15 is 0 Å². The van der Waals surface area contributed by atoms with E-state index in [1.165, 1.54) is 11.3 Å². The Morgan fingerprint density at radius 3 is 2.41 bits per heavy atom. The van der Waals surface area contributed by atoms with Crippen LogP contribution in [0.15, 0.2) is 79.0 Å². The number of carbonyl (C=O) groups excluding carboxylic acids is 1.